The molecule has 0 bridgehead atoms. The number of primary amides is 1. The summed E-state index contributed by atoms with van der Waals surface area (Å²) in [6, 6.07) is 15.5. The number of amides is 2. The number of carbonyl (C=O) groups excluding carboxylic acids is 2. The lowest BCUT2D eigenvalue weighted by Gasteiger charge is -2.44. The monoisotopic (exact) mass is 465 g/mol. The lowest BCUT2D eigenvalue weighted by atomic mass is 9.66. The van der Waals surface area contributed by atoms with E-state index < -0.39 is 12.0 Å². The standard InChI is InChI=1S/C25H24FN3O5/c26-18-5-1-16(2-6-18)17-3-7-19(8-4-17)33-21-12-25(13-21)9-10-29(15-25)24(31)32-14-20-11-22(23(27)30)28-34-20/h1-8,11,21H,9-10,12-15H2,(H2,27,30). The van der Waals surface area contributed by atoms with Gasteiger partial charge in [0.1, 0.15) is 11.6 Å². The Hall–Kier alpha value is -3.88. The number of aromatic nitrogens is 1. The zero-order valence-corrected chi connectivity index (χ0v) is 18.4. The first-order valence-corrected chi connectivity index (χ1v) is 11.1. The van der Waals surface area contributed by atoms with Gasteiger partial charge in [0.15, 0.2) is 18.1 Å². The first kappa shape index (κ1) is 21.9. The fourth-order valence-electron chi connectivity index (χ4n) is 4.70. The van der Waals surface area contributed by atoms with Crippen LogP contribution in [0.4, 0.5) is 9.18 Å². The van der Waals surface area contributed by atoms with Crippen LogP contribution in [0.3, 0.4) is 0 Å². The first-order chi connectivity index (χ1) is 16.4. The molecule has 5 rings (SSSR count). The molecule has 2 amide bonds. The van der Waals surface area contributed by atoms with E-state index in [4.69, 9.17) is 19.7 Å². The zero-order chi connectivity index (χ0) is 23.7. The molecule has 2 fully saturated rings. The van der Waals surface area contributed by atoms with E-state index in [2.05, 4.69) is 5.16 Å². The third kappa shape index (κ3) is 4.59. The summed E-state index contributed by atoms with van der Waals surface area (Å²) >= 11 is 0. The van der Waals surface area contributed by atoms with Crippen molar-refractivity contribution in [3.05, 3.63) is 71.9 Å². The highest BCUT2D eigenvalue weighted by Crippen LogP contribution is 2.49. The van der Waals surface area contributed by atoms with Crippen molar-refractivity contribution in [2.24, 2.45) is 11.1 Å². The number of benzene rings is 2. The molecule has 2 aromatic carbocycles. The van der Waals surface area contributed by atoms with Crippen LogP contribution in [0.15, 0.2) is 59.1 Å². The van der Waals surface area contributed by atoms with Gasteiger partial charge < -0.3 is 24.6 Å². The van der Waals surface area contributed by atoms with Gasteiger partial charge in [-0.15, -0.1) is 0 Å². The molecule has 2 N–H and O–H groups in total. The Kier molecular flexibility index (Phi) is 5.69. The SMILES string of the molecule is NC(=O)c1cc(COC(=O)N2CCC3(CC(Oc4ccc(-c5ccc(F)cc5)cc4)C3)C2)on1. The summed E-state index contributed by atoms with van der Waals surface area (Å²) in [5, 5.41) is 3.52. The van der Waals surface area contributed by atoms with Gasteiger partial charge in [0.25, 0.3) is 5.91 Å². The van der Waals surface area contributed by atoms with E-state index in [-0.39, 0.29) is 35.4 Å². The van der Waals surface area contributed by atoms with Crippen LogP contribution in [-0.4, -0.2) is 41.3 Å². The van der Waals surface area contributed by atoms with Crippen LogP contribution >= 0.6 is 0 Å². The maximum absolute atomic E-state index is 13.1. The molecule has 8 nitrogen and oxygen atoms in total. The molecule has 2 heterocycles. The van der Waals surface area contributed by atoms with Crippen LogP contribution in [0, 0.1) is 11.2 Å². The molecule has 1 spiro atoms. The Morgan fingerprint density at radius 2 is 1.79 bits per heavy atom. The van der Waals surface area contributed by atoms with Crippen molar-refractivity contribution >= 4 is 12.0 Å². The number of likely N-dealkylation sites (tertiary alicyclic amines) is 1. The van der Waals surface area contributed by atoms with Crippen molar-refractivity contribution in [1.82, 2.24) is 10.1 Å². The number of nitrogens with two attached hydrogens (primary N) is 1. The Bertz CT molecular complexity index is 1190. The second kappa shape index (κ2) is 8.81. The fraction of sp³-hybridized carbons (Fsp3) is 0.320. The molecule has 1 saturated heterocycles. The predicted molar refractivity (Wildman–Crippen MR) is 119 cm³/mol. The van der Waals surface area contributed by atoms with Crippen molar-refractivity contribution in [3.63, 3.8) is 0 Å². The Morgan fingerprint density at radius 3 is 2.44 bits per heavy atom. The third-order valence-corrected chi connectivity index (χ3v) is 6.50. The number of carbonyl (C=O) groups is 2. The smallest absolute Gasteiger partial charge is 0.410 e. The highest BCUT2D eigenvalue weighted by atomic mass is 19.1. The molecule has 1 saturated carbocycles. The number of nitrogens with zero attached hydrogens (tertiary/aromatic N) is 2. The summed E-state index contributed by atoms with van der Waals surface area (Å²) in [6.45, 7) is 1.14. The van der Waals surface area contributed by atoms with Crippen LogP contribution in [-0.2, 0) is 11.3 Å². The largest absolute Gasteiger partial charge is 0.490 e. The molecule has 34 heavy (non-hydrogen) atoms. The van der Waals surface area contributed by atoms with Gasteiger partial charge in [0.05, 0.1) is 6.10 Å². The van der Waals surface area contributed by atoms with Gasteiger partial charge in [-0.3, -0.25) is 4.79 Å². The van der Waals surface area contributed by atoms with Gasteiger partial charge in [-0.2, -0.15) is 0 Å². The molecular formula is C25H24FN3O5. The summed E-state index contributed by atoms with van der Waals surface area (Å²) in [7, 11) is 0. The summed E-state index contributed by atoms with van der Waals surface area (Å²) in [5.74, 6) is 0.101. The van der Waals surface area contributed by atoms with Crippen LogP contribution in [0.25, 0.3) is 11.1 Å². The molecule has 2 aliphatic rings. The normalized spacial score (nSPS) is 21.3. The summed E-state index contributed by atoms with van der Waals surface area (Å²) in [5.41, 5.74) is 7.13. The Balaban J connectivity index is 1.08. The topological polar surface area (TPSA) is 108 Å². The van der Waals surface area contributed by atoms with E-state index in [9.17, 15) is 14.0 Å². The lowest BCUT2D eigenvalue weighted by molar-refractivity contribution is -0.00876. The third-order valence-electron chi connectivity index (χ3n) is 6.50. The van der Waals surface area contributed by atoms with Crippen LogP contribution < -0.4 is 10.5 Å². The summed E-state index contributed by atoms with van der Waals surface area (Å²) in [4.78, 5) is 25.2. The maximum Gasteiger partial charge on any atom is 0.410 e. The fourth-order valence-corrected chi connectivity index (χ4v) is 4.70. The van der Waals surface area contributed by atoms with Gasteiger partial charge >= 0.3 is 6.09 Å². The number of rotatable bonds is 6. The second-order valence-corrected chi connectivity index (χ2v) is 8.95. The van der Waals surface area contributed by atoms with Gasteiger partial charge in [-0.05, 0) is 60.1 Å². The minimum absolute atomic E-state index is 0.00298. The molecule has 9 heteroatoms. The number of hydrogen-bond donors (Lipinski definition) is 1. The van der Waals surface area contributed by atoms with Crippen molar-refractivity contribution in [1.29, 1.82) is 0 Å². The quantitative estimate of drug-likeness (QED) is 0.586. The van der Waals surface area contributed by atoms with Gasteiger partial charge in [-0.25, -0.2) is 9.18 Å². The molecule has 0 unspecified atom stereocenters. The number of hydrogen-bond acceptors (Lipinski definition) is 6. The molecule has 1 aromatic heterocycles. The highest BCUT2D eigenvalue weighted by molar-refractivity contribution is 5.90. The van der Waals surface area contributed by atoms with Crippen molar-refractivity contribution < 1.29 is 28.0 Å². The molecule has 3 aromatic rings. The maximum atomic E-state index is 13.1. The van der Waals surface area contributed by atoms with Crippen molar-refractivity contribution in [2.75, 3.05) is 13.1 Å². The minimum atomic E-state index is -0.701. The Morgan fingerprint density at radius 1 is 1.12 bits per heavy atom. The van der Waals surface area contributed by atoms with Crippen LogP contribution in [0.1, 0.15) is 35.5 Å². The summed E-state index contributed by atoms with van der Waals surface area (Å²) in [6.07, 6.45) is 2.34. The molecule has 0 radical (unpaired) electrons. The first-order valence-electron chi connectivity index (χ1n) is 11.1. The Labute approximate surface area is 195 Å². The molecule has 1 aliphatic heterocycles. The van der Waals surface area contributed by atoms with E-state index in [1.165, 1.54) is 18.2 Å². The number of halogens is 1. The van der Waals surface area contributed by atoms with E-state index in [1.54, 1.807) is 17.0 Å². The number of ether oxygens (including phenoxy) is 2. The van der Waals surface area contributed by atoms with E-state index >= 15 is 0 Å². The average Bonchev–Trinajstić information content (AvgIpc) is 3.47. The highest BCUT2D eigenvalue weighted by Gasteiger charge is 2.50. The van der Waals surface area contributed by atoms with Crippen molar-refractivity contribution in [3.8, 4) is 16.9 Å². The average molecular weight is 465 g/mol. The van der Waals surface area contributed by atoms with Gasteiger partial charge in [-0.1, -0.05) is 29.4 Å². The molecule has 0 atom stereocenters. The lowest BCUT2D eigenvalue weighted by Crippen LogP contribution is -2.46. The molecule has 176 valence electrons. The predicted octanol–water partition coefficient (Wildman–Crippen LogP) is 4.15. The minimum Gasteiger partial charge on any atom is -0.490 e. The second-order valence-electron chi connectivity index (χ2n) is 8.95. The summed E-state index contributed by atoms with van der Waals surface area (Å²) < 4.78 is 29.5. The van der Waals surface area contributed by atoms with E-state index in [0.29, 0.717) is 13.1 Å². The van der Waals surface area contributed by atoms with Crippen LogP contribution in [0.5, 0.6) is 5.75 Å². The molecular weight excluding hydrogens is 441 g/mol. The van der Waals surface area contributed by atoms with Crippen LogP contribution in [0.2, 0.25) is 0 Å². The van der Waals surface area contributed by atoms with Gasteiger partial charge in [0, 0.05) is 19.2 Å². The van der Waals surface area contributed by atoms with E-state index in [0.717, 1.165) is 36.1 Å². The van der Waals surface area contributed by atoms with E-state index in [1.807, 2.05) is 24.3 Å². The molecule has 1 aliphatic carbocycles. The van der Waals surface area contributed by atoms with Gasteiger partial charge in [0.2, 0.25) is 0 Å². The van der Waals surface area contributed by atoms with Crippen molar-refractivity contribution in [2.45, 2.75) is 32.0 Å². The zero-order valence-electron chi connectivity index (χ0n) is 18.4.